The molecule has 0 N–H and O–H groups in total. The van der Waals surface area contributed by atoms with Gasteiger partial charge in [0.1, 0.15) is 0 Å². The summed E-state index contributed by atoms with van der Waals surface area (Å²) in [4.78, 5) is 12.0. The molecule has 3 saturated carbocycles. The van der Waals surface area contributed by atoms with E-state index in [2.05, 4.69) is 26.0 Å². The first kappa shape index (κ1) is 17.2. The van der Waals surface area contributed by atoms with Crippen LogP contribution in [0.3, 0.4) is 0 Å². The molecular weight excluding hydrogens is 320 g/mol. The Balaban J connectivity index is 1.54. The molecular formula is C24H34O2. The maximum absolute atomic E-state index is 12.0. The van der Waals surface area contributed by atoms with E-state index in [-0.39, 0.29) is 5.60 Å². The quantitative estimate of drug-likeness (QED) is 0.614. The number of carbonyl (C=O) groups excluding carboxylic acids is 1. The van der Waals surface area contributed by atoms with Gasteiger partial charge in [0.15, 0.2) is 5.78 Å². The van der Waals surface area contributed by atoms with E-state index in [1.54, 1.807) is 0 Å². The van der Waals surface area contributed by atoms with E-state index in [0.29, 0.717) is 17.1 Å². The molecule has 7 atom stereocenters. The van der Waals surface area contributed by atoms with E-state index >= 15 is 0 Å². The summed E-state index contributed by atoms with van der Waals surface area (Å²) in [7, 11) is 0. The lowest BCUT2D eigenvalue weighted by molar-refractivity contribution is -0.134. The van der Waals surface area contributed by atoms with Gasteiger partial charge in [-0.05, 0) is 80.6 Å². The van der Waals surface area contributed by atoms with Crippen LogP contribution >= 0.6 is 0 Å². The van der Waals surface area contributed by atoms with Gasteiger partial charge in [-0.15, -0.1) is 0 Å². The first-order valence-corrected chi connectivity index (χ1v) is 11.2. The monoisotopic (exact) mass is 354 g/mol. The van der Waals surface area contributed by atoms with Crippen molar-refractivity contribution in [2.45, 2.75) is 77.2 Å². The van der Waals surface area contributed by atoms with Crippen LogP contribution < -0.4 is 0 Å². The van der Waals surface area contributed by atoms with Crippen molar-refractivity contribution in [3.63, 3.8) is 0 Å². The SMILES string of the molecule is CCC1CC2=CC(=O)CC[C@@H]2C2CC[C@@]3(CC)C(CC[C@@]34C=CCO4)C12. The Kier molecular flexibility index (Phi) is 4.01. The second-order valence-corrected chi connectivity index (χ2v) is 9.74. The van der Waals surface area contributed by atoms with Crippen molar-refractivity contribution in [2.24, 2.45) is 35.0 Å². The first-order valence-electron chi connectivity index (χ1n) is 11.2. The molecule has 0 amide bonds. The largest absolute Gasteiger partial charge is 0.366 e. The zero-order valence-electron chi connectivity index (χ0n) is 16.5. The summed E-state index contributed by atoms with van der Waals surface area (Å²) in [5, 5.41) is 0. The number of ether oxygens (including phenoxy) is 1. The number of ketones is 1. The molecule has 0 saturated heterocycles. The van der Waals surface area contributed by atoms with Crippen molar-refractivity contribution < 1.29 is 9.53 Å². The number of allylic oxidation sites excluding steroid dienone is 1. The van der Waals surface area contributed by atoms with Crippen LogP contribution in [0.5, 0.6) is 0 Å². The minimum absolute atomic E-state index is 0.0360. The zero-order chi connectivity index (χ0) is 17.9. The topological polar surface area (TPSA) is 26.3 Å². The van der Waals surface area contributed by atoms with Gasteiger partial charge >= 0.3 is 0 Å². The minimum atomic E-state index is 0.0360. The van der Waals surface area contributed by atoms with E-state index in [1.807, 2.05) is 6.08 Å². The van der Waals surface area contributed by atoms with Crippen LogP contribution in [-0.4, -0.2) is 18.0 Å². The fourth-order valence-electron chi connectivity index (χ4n) is 8.34. The highest BCUT2D eigenvalue weighted by molar-refractivity contribution is 5.91. The molecule has 0 aromatic carbocycles. The van der Waals surface area contributed by atoms with E-state index in [9.17, 15) is 4.79 Å². The van der Waals surface area contributed by atoms with Crippen molar-refractivity contribution in [3.05, 3.63) is 23.8 Å². The molecule has 4 aliphatic carbocycles. The normalized spacial score (nSPS) is 49.7. The molecule has 5 aliphatic rings. The first-order chi connectivity index (χ1) is 12.6. The van der Waals surface area contributed by atoms with Crippen molar-refractivity contribution in [1.82, 2.24) is 0 Å². The van der Waals surface area contributed by atoms with Crippen molar-refractivity contribution in [1.29, 1.82) is 0 Å². The molecule has 2 heteroatoms. The van der Waals surface area contributed by atoms with E-state index < -0.39 is 0 Å². The summed E-state index contributed by atoms with van der Waals surface area (Å²) in [6.45, 7) is 5.62. The van der Waals surface area contributed by atoms with Crippen LogP contribution in [0, 0.1) is 35.0 Å². The summed E-state index contributed by atoms with van der Waals surface area (Å²) in [5.41, 5.74) is 1.91. The van der Waals surface area contributed by atoms with Crippen LogP contribution in [0.4, 0.5) is 0 Å². The van der Waals surface area contributed by atoms with E-state index in [4.69, 9.17) is 4.74 Å². The predicted octanol–water partition coefficient (Wildman–Crippen LogP) is 5.48. The third-order valence-electron chi connectivity index (χ3n) is 9.33. The molecule has 1 heterocycles. The summed E-state index contributed by atoms with van der Waals surface area (Å²) >= 11 is 0. The highest BCUT2D eigenvalue weighted by Crippen LogP contribution is 2.69. The van der Waals surface area contributed by atoms with Crippen LogP contribution in [0.15, 0.2) is 23.8 Å². The lowest BCUT2D eigenvalue weighted by Gasteiger charge is -2.59. The van der Waals surface area contributed by atoms with Gasteiger partial charge in [-0.2, -0.15) is 0 Å². The predicted molar refractivity (Wildman–Crippen MR) is 104 cm³/mol. The number of hydrogen-bond donors (Lipinski definition) is 0. The van der Waals surface area contributed by atoms with Crippen molar-refractivity contribution >= 4 is 5.78 Å². The van der Waals surface area contributed by atoms with Gasteiger partial charge in [0.05, 0.1) is 12.2 Å². The average molecular weight is 355 g/mol. The maximum atomic E-state index is 12.0. The molecule has 0 aromatic heterocycles. The lowest BCUT2D eigenvalue weighted by atomic mass is 9.47. The van der Waals surface area contributed by atoms with E-state index in [1.165, 1.54) is 50.5 Å². The molecule has 4 unspecified atom stereocenters. The highest BCUT2D eigenvalue weighted by atomic mass is 16.5. The molecule has 0 radical (unpaired) electrons. The third-order valence-corrected chi connectivity index (χ3v) is 9.33. The van der Waals surface area contributed by atoms with Gasteiger partial charge < -0.3 is 4.74 Å². The van der Waals surface area contributed by atoms with Gasteiger partial charge in [-0.25, -0.2) is 0 Å². The van der Waals surface area contributed by atoms with Crippen LogP contribution in [0.2, 0.25) is 0 Å². The zero-order valence-corrected chi connectivity index (χ0v) is 16.5. The Hall–Kier alpha value is -0.890. The second kappa shape index (κ2) is 6.06. The summed E-state index contributed by atoms with van der Waals surface area (Å²) < 4.78 is 6.47. The van der Waals surface area contributed by atoms with Crippen LogP contribution in [-0.2, 0) is 9.53 Å². The molecule has 1 spiro atoms. The molecule has 0 bridgehead atoms. The molecule has 5 rings (SSSR count). The van der Waals surface area contributed by atoms with Crippen LogP contribution in [0.25, 0.3) is 0 Å². The summed E-state index contributed by atoms with van der Waals surface area (Å²) in [6.07, 6.45) is 17.6. The number of carbonyl (C=O) groups is 1. The standard InChI is InChI=1S/C24H34O2/c1-3-16-14-17-15-18(25)6-7-19(17)20-8-11-23(4-2)21(22(16)20)9-12-24(23)10-5-13-26-24/h5,10,15-16,19-22H,3-4,6-9,11-14H2,1-2H3/t16?,19-,20?,21?,22?,23-,24-/m0/s1. The smallest absolute Gasteiger partial charge is 0.155 e. The van der Waals surface area contributed by atoms with Gasteiger partial charge in [0, 0.05) is 11.8 Å². The fourth-order valence-corrected chi connectivity index (χ4v) is 8.34. The van der Waals surface area contributed by atoms with Crippen LogP contribution in [0.1, 0.15) is 71.6 Å². The fraction of sp³-hybridized carbons (Fsp3) is 0.792. The third kappa shape index (κ3) is 2.11. The number of rotatable bonds is 2. The Labute approximate surface area is 158 Å². The Morgan fingerprint density at radius 3 is 2.81 bits per heavy atom. The van der Waals surface area contributed by atoms with Gasteiger partial charge in [0.2, 0.25) is 0 Å². The Morgan fingerprint density at radius 2 is 2.08 bits per heavy atom. The molecule has 3 fully saturated rings. The number of hydrogen-bond acceptors (Lipinski definition) is 2. The van der Waals surface area contributed by atoms with Crippen molar-refractivity contribution in [2.75, 3.05) is 6.61 Å². The average Bonchev–Trinajstić information content (AvgIpc) is 3.27. The van der Waals surface area contributed by atoms with Gasteiger partial charge in [-0.1, -0.05) is 38.0 Å². The molecule has 142 valence electrons. The molecule has 26 heavy (non-hydrogen) atoms. The summed E-state index contributed by atoms with van der Waals surface area (Å²) in [6, 6.07) is 0. The molecule has 2 nitrogen and oxygen atoms in total. The molecule has 1 aliphatic heterocycles. The van der Waals surface area contributed by atoms with Crippen molar-refractivity contribution in [3.8, 4) is 0 Å². The second-order valence-electron chi connectivity index (χ2n) is 9.74. The highest BCUT2D eigenvalue weighted by Gasteiger charge is 2.65. The molecule has 0 aromatic rings. The van der Waals surface area contributed by atoms with Gasteiger partial charge in [-0.3, -0.25) is 4.79 Å². The summed E-state index contributed by atoms with van der Waals surface area (Å²) in [5.74, 6) is 4.34. The maximum Gasteiger partial charge on any atom is 0.155 e. The number of fused-ring (bicyclic) bond motifs is 6. The minimum Gasteiger partial charge on any atom is -0.366 e. The Bertz CT molecular complexity index is 661. The lowest BCUT2D eigenvalue weighted by Crippen LogP contribution is -2.55. The Morgan fingerprint density at radius 1 is 1.19 bits per heavy atom. The van der Waals surface area contributed by atoms with Gasteiger partial charge in [0.25, 0.3) is 0 Å². The van der Waals surface area contributed by atoms with E-state index in [0.717, 1.165) is 43.1 Å².